The minimum Gasteiger partial charge on any atom is -0.458 e. The second-order valence-corrected chi connectivity index (χ2v) is 8.45. The number of hydrogen-bond donors (Lipinski definition) is 0. The van der Waals surface area contributed by atoms with Crippen molar-refractivity contribution in [3.63, 3.8) is 0 Å². The lowest BCUT2D eigenvalue weighted by molar-refractivity contribution is 0.251. The summed E-state index contributed by atoms with van der Waals surface area (Å²) in [4.78, 5) is 10.3. The summed E-state index contributed by atoms with van der Waals surface area (Å²) in [6.45, 7) is 14.7. The summed E-state index contributed by atoms with van der Waals surface area (Å²) < 4.78 is 4.98. The summed E-state index contributed by atoms with van der Waals surface area (Å²) in [5.74, 6) is 0. The standard InChI is InChI=1S/C12H19O2Si/c1-5-8-15(9-6-2,10-7-3)12(4)14-11-13/h5-7,12H,1-3,8-10H2,4H3. The summed E-state index contributed by atoms with van der Waals surface area (Å²) in [7, 11) is -1.76. The van der Waals surface area contributed by atoms with Gasteiger partial charge in [-0.05, 0) is 25.1 Å². The lowest BCUT2D eigenvalue weighted by Crippen LogP contribution is -2.46. The molecular weight excluding hydrogens is 204 g/mol. The summed E-state index contributed by atoms with van der Waals surface area (Å²) in [6, 6.07) is 2.69. The van der Waals surface area contributed by atoms with E-state index in [1.54, 1.807) is 0 Å². The van der Waals surface area contributed by atoms with Crippen LogP contribution in [0.2, 0.25) is 18.1 Å². The SMILES string of the molecule is C=CC[Si](CC=C)(CC=C)C(C)O[C]=O. The van der Waals surface area contributed by atoms with Crippen LogP contribution in [0.5, 0.6) is 0 Å². The van der Waals surface area contributed by atoms with Crippen molar-refractivity contribution < 1.29 is 9.53 Å². The molecule has 0 rings (SSSR count). The number of allylic oxidation sites excluding steroid dienone is 3. The first-order valence-corrected chi connectivity index (χ1v) is 7.72. The van der Waals surface area contributed by atoms with Gasteiger partial charge < -0.3 is 4.74 Å². The second kappa shape index (κ2) is 7.23. The molecule has 15 heavy (non-hydrogen) atoms. The number of ether oxygens (including phenoxy) is 1. The van der Waals surface area contributed by atoms with Gasteiger partial charge in [0.15, 0.2) is 0 Å². The average Bonchev–Trinajstić information content (AvgIpc) is 2.19. The van der Waals surface area contributed by atoms with Gasteiger partial charge in [0, 0.05) is 0 Å². The van der Waals surface area contributed by atoms with Crippen LogP contribution in [-0.2, 0) is 9.53 Å². The highest BCUT2D eigenvalue weighted by Gasteiger charge is 2.37. The Kier molecular flexibility index (Phi) is 6.70. The number of hydrogen-bond acceptors (Lipinski definition) is 2. The van der Waals surface area contributed by atoms with Gasteiger partial charge in [-0.25, -0.2) is 4.79 Å². The van der Waals surface area contributed by atoms with Gasteiger partial charge in [0.25, 0.3) is 0 Å². The van der Waals surface area contributed by atoms with Crippen LogP contribution in [0.15, 0.2) is 38.0 Å². The van der Waals surface area contributed by atoms with Crippen molar-refractivity contribution >= 4 is 14.5 Å². The van der Waals surface area contributed by atoms with Gasteiger partial charge in [0.2, 0.25) is 0 Å². The zero-order valence-electron chi connectivity index (χ0n) is 9.37. The van der Waals surface area contributed by atoms with Crippen LogP contribution >= 0.6 is 0 Å². The van der Waals surface area contributed by atoms with Gasteiger partial charge >= 0.3 is 6.47 Å². The third kappa shape index (κ3) is 3.87. The quantitative estimate of drug-likeness (QED) is 0.444. The first-order chi connectivity index (χ1) is 7.16. The van der Waals surface area contributed by atoms with E-state index in [0.29, 0.717) is 0 Å². The first-order valence-electron chi connectivity index (χ1n) is 5.02. The van der Waals surface area contributed by atoms with Crippen molar-refractivity contribution in [1.29, 1.82) is 0 Å². The van der Waals surface area contributed by atoms with Gasteiger partial charge in [-0.15, -0.1) is 19.7 Å². The van der Waals surface area contributed by atoms with Crippen LogP contribution in [0.3, 0.4) is 0 Å². The molecule has 0 saturated carbocycles. The van der Waals surface area contributed by atoms with Crippen LogP contribution in [0, 0.1) is 0 Å². The van der Waals surface area contributed by atoms with E-state index in [-0.39, 0.29) is 5.73 Å². The van der Waals surface area contributed by atoms with E-state index in [1.165, 1.54) is 6.47 Å². The Hall–Kier alpha value is -1.09. The number of carbonyl (C=O) groups excluding carboxylic acids is 1. The molecule has 1 radical (unpaired) electrons. The van der Waals surface area contributed by atoms with E-state index in [0.717, 1.165) is 18.1 Å². The van der Waals surface area contributed by atoms with Gasteiger partial charge in [0.1, 0.15) is 8.07 Å². The van der Waals surface area contributed by atoms with Crippen molar-refractivity contribution in [1.82, 2.24) is 0 Å². The van der Waals surface area contributed by atoms with Crippen LogP contribution in [0.4, 0.5) is 0 Å². The Bertz CT molecular complexity index is 209. The Morgan fingerprint density at radius 3 is 1.87 bits per heavy atom. The average molecular weight is 223 g/mol. The third-order valence-electron chi connectivity index (χ3n) is 2.74. The maximum Gasteiger partial charge on any atom is 0.417 e. The molecule has 0 aliphatic rings. The fourth-order valence-corrected chi connectivity index (χ4v) is 5.33. The lowest BCUT2D eigenvalue weighted by atomic mass is 10.7. The summed E-state index contributed by atoms with van der Waals surface area (Å²) in [5, 5.41) is 0. The molecule has 0 heterocycles. The highest BCUT2D eigenvalue weighted by molar-refractivity contribution is 6.82. The summed E-state index contributed by atoms with van der Waals surface area (Å²) in [6.07, 6.45) is 5.68. The molecule has 0 spiro atoms. The smallest absolute Gasteiger partial charge is 0.417 e. The van der Waals surface area contributed by atoms with Crippen molar-refractivity contribution in [3.8, 4) is 0 Å². The topological polar surface area (TPSA) is 26.3 Å². The molecule has 83 valence electrons. The largest absolute Gasteiger partial charge is 0.458 e. The fourth-order valence-electron chi connectivity index (χ4n) is 1.81. The molecule has 0 aliphatic carbocycles. The van der Waals surface area contributed by atoms with Crippen LogP contribution in [0.1, 0.15) is 6.92 Å². The molecule has 1 atom stereocenters. The van der Waals surface area contributed by atoms with E-state index >= 15 is 0 Å². The predicted octanol–water partition coefficient (Wildman–Crippen LogP) is 3.00. The predicted molar refractivity (Wildman–Crippen MR) is 67.0 cm³/mol. The summed E-state index contributed by atoms with van der Waals surface area (Å²) in [5.41, 5.74) is -0.0796. The van der Waals surface area contributed by atoms with Gasteiger partial charge in [0.05, 0.1) is 5.73 Å². The minimum absolute atomic E-state index is 0.0796. The van der Waals surface area contributed by atoms with Gasteiger partial charge in [-0.1, -0.05) is 18.2 Å². The highest BCUT2D eigenvalue weighted by atomic mass is 28.3. The Labute approximate surface area is 93.3 Å². The molecular formula is C12H19O2Si. The molecule has 0 saturated heterocycles. The molecule has 1 unspecified atom stereocenters. The first kappa shape index (κ1) is 13.9. The molecule has 3 heteroatoms. The van der Waals surface area contributed by atoms with Crippen LogP contribution in [-0.4, -0.2) is 20.3 Å². The molecule has 0 aromatic rings. The van der Waals surface area contributed by atoms with Crippen LogP contribution < -0.4 is 0 Å². The molecule has 0 aliphatic heterocycles. The van der Waals surface area contributed by atoms with Crippen LogP contribution in [0.25, 0.3) is 0 Å². The zero-order valence-corrected chi connectivity index (χ0v) is 10.4. The second-order valence-electron chi connectivity index (χ2n) is 3.68. The van der Waals surface area contributed by atoms with Crippen molar-refractivity contribution in [3.05, 3.63) is 38.0 Å². The van der Waals surface area contributed by atoms with E-state index in [9.17, 15) is 4.79 Å². The maximum absolute atomic E-state index is 10.3. The normalized spacial score (nSPS) is 12.6. The molecule has 0 aromatic heterocycles. The van der Waals surface area contributed by atoms with Crippen molar-refractivity contribution in [2.75, 3.05) is 0 Å². The molecule has 0 aromatic carbocycles. The Morgan fingerprint density at radius 1 is 1.20 bits per heavy atom. The Morgan fingerprint density at radius 2 is 1.60 bits per heavy atom. The molecule has 0 bridgehead atoms. The fraction of sp³-hybridized carbons (Fsp3) is 0.417. The third-order valence-corrected chi connectivity index (χ3v) is 7.89. The lowest BCUT2D eigenvalue weighted by Gasteiger charge is -2.33. The monoisotopic (exact) mass is 223 g/mol. The van der Waals surface area contributed by atoms with Crippen molar-refractivity contribution in [2.45, 2.75) is 30.8 Å². The Balaban J connectivity index is 4.86. The highest BCUT2D eigenvalue weighted by Crippen LogP contribution is 2.28. The van der Waals surface area contributed by atoms with E-state index in [4.69, 9.17) is 4.74 Å². The van der Waals surface area contributed by atoms with E-state index in [1.807, 2.05) is 25.2 Å². The molecule has 0 amide bonds. The van der Waals surface area contributed by atoms with E-state index < -0.39 is 8.07 Å². The molecule has 0 fully saturated rings. The molecule has 2 nitrogen and oxygen atoms in total. The number of rotatable bonds is 9. The molecule has 0 N–H and O–H groups in total. The van der Waals surface area contributed by atoms with E-state index in [2.05, 4.69) is 19.7 Å². The van der Waals surface area contributed by atoms with Gasteiger partial charge in [-0.2, -0.15) is 0 Å². The zero-order chi connectivity index (χ0) is 11.7. The van der Waals surface area contributed by atoms with Gasteiger partial charge in [-0.3, -0.25) is 0 Å². The maximum atomic E-state index is 10.3. The minimum atomic E-state index is -1.76. The summed E-state index contributed by atoms with van der Waals surface area (Å²) >= 11 is 0. The van der Waals surface area contributed by atoms with Crippen molar-refractivity contribution in [2.24, 2.45) is 0 Å².